The van der Waals surface area contributed by atoms with Crippen LogP contribution in [-0.4, -0.2) is 48.3 Å². The number of carbonyl (C=O) groups excluding carboxylic acids is 1. The van der Waals surface area contributed by atoms with Gasteiger partial charge in [-0.3, -0.25) is 9.69 Å². The van der Waals surface area contributed by atoms with E-state index in [2.05, 4.69) is 11.0 Å². The first-order valence-corrected chi connectivity index (χ1v) is 11.1. The van der Waals surface area contributed by atoms with E-state index in [1.54, 1.807) is 31.4 Å². The summed E-state index contributed by atoms with van der Waals surface area (Å²) in [5.41, 5.74) is 3.68. The largest absolute Gasteiger partial charge is 0.497 e. The highest BCUT2D eigenvalue weighted by atomic mass is 35.5. The summed E-state index contributed by atoms with van der Waals surface area (Å²) in [6, 6.07) is 23.2. The number of anilines is 1. The van der Waals surface area contributed by atoms with Gasteiger partial charge in [0.1, 0.15) is 5.75 Å². The molecule has 5 nitrogen and oxygen atoms in total. The van der Waals surface area contributed by atoms with E-state index < -0.39 is 0 Å². The van der Waals surface area contributed by atoms with E-state index in [0.717, 1.165) is 27.6 Å². The molecule has 0 radical (unpaired) electrons. The Kier molecular flexibility index (Phi) is 5.64. The van der Waals surface area contributed by atoms with Crippen molar-refractivity contribution in [3.63, 3.8) is 0 Å². The summed E-state index contributed by atoms with van der Waals surface area (Å²) in [6.07, 6.45) is 0. The normalized spacial score (nSPS) is 22.0. The molecule has 0 bridgehead atoms. The van der Waals surface area contributed by atoms with Crippen LogP contribution in [0.5, 0.6) is 5.75 Å². The highest BCUT2D eigenvalue weighted by molar-refractivity contribution is 6.31. The van der Waals surface area contributed by atoms with Crippen molar-refractivity contribution >= 4 is 23.2 Å². The maximum Gasteiger partial charge on any atom is 0.258 e. The van der Waals surface area contributed by atoms with Crippen molar-refractivity contribution in [2.45, 2.75) is 24.5 Å². The number of para-hydroxylation sites is 1. The van der Waals surface area contributed by atoms with Gasteiger partial charge in [-0.25, -0.2) is 0 Å². The molecule has 1 N–H and O–H groups in total. The lowest BCUT2D eigenvalue weighted by Crippen LogP contribution is -2.68. The molecule has 0 saturated carbocycles. The fourth-order valence-electron chi connectivity index (χ4n) is 5.11. The van der Waals surface area contributed by atoms with E-state index in [9.17, 15) is 9.90 Å². The number of carbonyl (C=O) groups is 1. The van der Waals surface area contributed by atoms with Gasteiger partial charge in [-0.1, -0.05) is 48.0 Å². The number of hydrogen-bond donors (Lipinski definition) is 1. The summed E-state index contributed by atoms with van der Waals surface area (Å²) in [6.45, 7) is 1.26. The van der Waals surface area contributed by atoms with Gasteiger partial charge in [-0.05, 0) is 47.5 Å². The van der Waals surface area contributed by atoms with Crippen LogP contribution in [0.3, 0.4) is 0 Å². The van der Waals surface area contributed by atoms with Crippen molar-refractivity contribution in [3.8, 4) is 5.75 Å². The summed E-state index contributed by atoms with van der Waals surface area (Å²) in [5, 5.41) is 10.9. The van der Waals surface area contributed by atoms with Gasteiger partial charge >= 0.3 is 0 Å². The lowest BCUT2D eigenvalue weighted by molar-refractivity contribution is -0.0488. The molecule has 5 rings (SSSR count). The lowest BCUT2D eigenvalue weighted by atomic mass is 9.71. The van der Waals surface area contributed by atoms with Crippen LogP contribution in [0.25, 0.3) is 0 Å². The molecule has 3 atom stereocenters. The number of fused-ring (bicyclic) bond motifs is 3. The molecule has 6 heteroatoms. The van der Waals surface area contributed by atoms with Crippen LogP contribution in [-0.2, 0) is 6.54 Å². The first kappa shape index (κ1) is 21.0. The third-order valence-corrected chi connectivity index (χ3v) is 7.09. The van der Waals surface area contributed by atoms with Crippen LogP contribution in [0.2, 0.25) is 5.02 Å². The Balaban J connectivity index is 1.48. The van der Waals surface area contributed by atoms with Gasteiger partial charge in [0.25, 0.3) is 5.91 Å². The van der Waals surface area contributed by atoms with Gasteiger partial charge < -0.3 is 14.7 Å². The summed E-state index contributed by atoms with van der Waals surface area (Å²) < 4.78 is 5.23. The minimum absolute atomic E-state index is 0.00402. The molecule has 1 saturated heterocycles. The van der Waals surface area contributed by atoms with Crippen LogP contribution in [0.1, 0.15) is 27.4 Å². The van der Waals surface area contributed by atoms with Crippen LogP contribution in [0, 0.1) is 0 Å². The number of rotatable bonds is 5. The van der Waals surface area contributed by atoms with Crippen LogP contribution in [0.15, 0.2) is 72.8 Å². The number of amides is 1. The average Bonchev–Trinajstić information content (AvgIpc) is 2.83. The van der Waals surface area contributed by atoms with E-state index in [1.165, 1.54) is 0 Å². The molecule has 0 aliphatic carbocycles. The first-order valence-electron chi connectivity index (χ1n) is 10.8. The predicted octanol–water partition coefficient (Wildman–Crippen LogP) is 4.34. The number of aliphatic hydroxyl groups excluding tert-OH is 1. The van der Waals surface area contributed by atoms with Crippen molar-refractivity contribution in [3.05, 3.63) is 94.5 Å². The zero-order valence-electron chi connectivity index (χ0n) is 17.8. The number of benzene rings is 3. The number of nitrogens with zero attached hydrogens (tertiary/aromatic N) is 2. The molecular weight excluding hydrogens is 424 g/mol. The molecular formula is C26H25ClN2O3. The third-order valence-electron chi connectivity index (χ3n) is 6.72. The number of likely N-dealkylation sites (tertiary alicyclic amines) is 1. The maximum absolute atomic E-state index is 13.5. The fraction of sp³-hybridized carbons (Fsp3) is 0.269. The zero-order chi connectivity index (χ0) is 22.2. The van der Waals surface area contributed by atoms with Gasteiger partial charge in [0, 0.05) is 47.4 Å². The van der Waals surface area contributed by atoms with E-state index in [4.69, 9.17) is 16.3 Å². The van der Waals surface area contributed by atoms with Crippen LogP contribution < -0.4 is 9.64 Å². The van der Waals surface area contributed by atoms with Gasteiger partial charge in [-0.15, -0.1) is 0 Å². The SMILES string of the molecule is COc1ccc(C(=O)N2C[C@@H]3[C@H](c4ccccc42)[C@@H](CO)N3Cc2ccccc2Cl)cc1. The first-order chi connectivity index (χ1) is 15.6. The Morgan fingerprint density at radius 3 is 2.50 bits per heavy atom. The van der Waals surface area contributed by atoms with Crippen LogP contribution >= 0.6 is 11.6 Å². The maximum atomic E-state index is 13.5. The quantitative estimate of drug-likeness (QED) is 0.631. The van der Waals surface area contributed by atoms with Crippen molar-refractivity contribution in [2.75, 3.05) is 25.2 Å². The predicted molar refractivity (Wildman–Crippen MR) is 126 cm³/mol. The third kappa shape index (κ3) is 3.47. The lowest BCUT2D eigenvalue weighted by Gasteiger charge is -2.59. The van der Waals surface area contributed by atoms with Gasteiger partial charge in [0.2, 0.25) is 0 Å². The van der Waals surface area contributed by atoms with Gasteiger partial charge in [0.05, 0.1) is 13.7 Å². The minimum Gasteiger partial charge on any atom is -0.497 e. The molecule has 2 heterocycles. The number of ether oxygens (including phenoxy) is 1. The van der Waals surface area contributed by atoms with Crippen molar-refractivity contribution in [1.29, 1.82) is 0 Å². The topological polar surface area (TPSA) is 53.0 Å². The van der Waals surface area contributed by atoms with E-state index in [1.807, 2.05) is 47.4 Å². The molecule has 32 heavy (non-hydrogen) atoms. The van der Waals surface area contributed by atoms with E-state index in [0.29, 0.717) is 18.7 Å². The van der Waals surface area contributed by atoms with Gasteiger partial charge in [0.15, 0.2) is 0 Å². The Labute approximate surface area is 192 Å². The van der Waals surface area contributed by atoms with Crippen molar-refractivity contribution in [1.82, 2.24) is 4.90 Å². The molecule has 2 aliphatic rings. The molecule has 2 aliphatic heterocycles. The van der Waals surface area contributed by atoms with Crippen molar-refractivity contribution < 1.29 is 14.6 Å². The number of methoxy groups -OCH3 is 1. The van der Waals surface area contributed by atoms with Gasteiger partial charge in [-0.2, -0.15) is 0 Å². The Hall–Kier alpha value is -2.86. The average molecular weight is 449 g/mol. The van der Waals surface area contributed by atoms with Crippen LogP contribution in [0.4, 0.5) is 5.69 Å². The summed E-state index contributed by atoms with van der Waals surface area (Å²) >= 11 is 6.42. The summed E-state index contributed by atoms with van der Waals surface area (Å²) in [4.78, 5) is 17.6. The number of aliphatic hydroxyl groups is 1. The monoisotopic (exact) mass is 448 g/mol. The molecule has 1 fully saturated rings. The Morgan fingerprint density at radius 1 is 1.06 bits per heavy atom. The van der Waals surface area contributed by atoms with Crippen molar-refractivity contribution in [2.24, 2.45) is 0 Å². The Bertz CT molecular complexity index is 1130. The standard InChI is InChI=1S/C26H25ClN2O3/c1-32-19-12-10-17(11-13-19)26(31)29-15-23-25(20-7-3-5-9-22(20)29)24(16-30)28(23)14-18-6-2-4-8-21(18)27/h2-13,23-25,30H,14-16H2,1H3/t23-,24-,25+/m1/s1. The number of halogens is 1. The molecule has 0 spiro atoms. The fourth-order valence-corrected chi connectivity index (χ4v) is 5.30. The van der Waals surface area contributed by atoms with E-state index >= 15 is 0 Å². The number of hydrogen-bond acceptors (Lipinski definition) is 4. The Morgan fingerprint density at radius 2 is 1.78 bits per heavy atom. The molecule has 164 valence electrons. The summed E-state index contributed by atoms with van der Waals surface area (Å²) in [5.74, 6) is 0.860. The smallest absolute Gasteiger partial charge is 0.258 e. The zero-order valence-corrected chi connectivity index (χ0v) is 18.6. The molecule has 0 aromatic heterocycles. The molecule has 3 aromatic carbocycles. The second-order valence-electron chi connectivity index (χ2n) is 8.31. The highest BCUT2D eigenvalue weighted by Gasteiger charge is 2.53. The van der Waals surface area contributed by atoms with E-state index in [-0.39, 0.29) is 30.5 Å². The summed E-state index contributed by atoms with van der Waals surface area (Å²) in [7, 11) is 1.61. The second-order valence-corrected chi connectivity index (χ2v) is 8.72. The molecule has 3 aromatic rings. The molecule has 1 amide bonds. The minimum atomic E-state index is -0.0382. The second kappa shape index (κ2) is 8.58. The molecule has 0 unspecified atom stereocenters. The highest BCUT2D eigenvalue weighted by Crippen LogP contribution is 2.49.